The van der Waals surface area contributed by atoms with Crippen molar-refractivity contribution >= 4 is 5.91 Å². The zero-order chi connectivity index (χ0) is 17.5. The molecule has 5 nitrogen and oxygen atoms in total. The van der Waals surface area contributed by atoms with Gasteiger partial charge in [-0.15, -0.1) is 0 Å². The Morgan fingerprint density at radius 3 is 2.76 bits per heavy atom. The highest BCUT2D eigenvalue weighted by atomic mass is 16.3. The normalized spacial score (nSPS) is 24.1. The Morgan fingerprint density at radius 2 is 2.04 bits per heavy atom. The number of nitrogens with zero attached hydrogens (tertiary/aromatic N) is 2. The lowest BCUT2D eigenvalue weighted by Crippen LogP contribution is -2.51. The van der Waals surface area contributed by atoms with Gasteiger partial charge in [-0.25, -0.2) is 0 Å². The number of amides is 1. The fourth-order valence-electron chi connectivity index (χ4n) is 4.28. The average Bonchev–Trinajstić information content (AvgIpc) is 3.18. The molecule has 0 spiro atoms. The second-order valence-electron chi connectivity index (χ2n) is 7.42. The van der Waals surface area contributed by atoms with Gasteiger partial charge >= 0.3 is 0 Å². The summed E-state index contributed by atoms with van der Waals surface area (Å²) in [6, 6.07) is 4.18. The minimum atomic E-state index is 0.0484. The summed E-state index contributed by atoms with van der Waals surface area (Å²) in [4.78, 5) is 17.7. The number of likely N-dealkylation sites (tertiary alicyclic amines) is 2. The lowest BCUT2D eigenvalue weighted by Gasteiger charge is -2.36. The highest BCUT2D eigenvalue weighted by molar-refractivity contribution is 5.81. The third-order valence-corrected chi connectivity index (χ3v) is 5.60. The summed E-state index contributed by atoms with van der Waals surface area (Å²) in [6.07, 6.45) is 9.97. The lowest BCUT2D eigenvalue weighted by atomic mass is 10.0. The molecule has 0 radical (unpaired) electrons. The van der Waals surface area contributed by atoms with Crippen LogP contribution in [0.25, 0.3) is 0 Å². The molecule has 1 N–H and O–H groups in total. The molecule has 0 bridgehead atoms. The maximum absolute atomic E-state index is 12.8. The van der Waals surface area contributed by atoms with E-state index in [1.54, 1.807) is 6.26 Å². The van der Waals surface area contributed by atoms with Gasteiger partial charge in [0.2, 0.25) is 5.91 Å². The van der Waals surface area contributed by atoms with Crippen LogP contribution in [-0.4, -0.2) is 54.5 Å². The smallest absolute Gasteiger partial charge is 0.237 e. The first kappa shape index (κ1) is 18.5. The van der Waals surface area contributed by atoms with Gasteiger partial charge < -0.3 is 9.73 Å². The first-order chi connectivity index (χ1) is 12.3. The second kappa shape index (κ2) is 9.39. The number of piperidine rings is 2. The van der Waals surface area contributed by atoms with Crippen LogP contribution < -0.4 is 5.32 Å². The number of rotatable bonds is 7. The fraction of sp³-hybridized carbons (Fsp3) is 0.750. The van der Waals surface area contributed by atoms with Crippen LogP contribution in [0.5, 0.6) is 0 Å². The van der Waals surface area contributed by atoms with Crippen molar-refractivity contribution in [3.05, 3.63) is 24.2 Å². The van der Waals surface area contributed by atoms with E-state index in [0.717, 1.165) is 51.2 Å². The topological polar surface area (TPSA) is 48.7 Å². The summed E-state index contributed by atoms with van der Waals surface area (Å²) < 4.78 is 5.68. The summed E-state index contributed by atoms with van der Waals surface area (Å²) in [5, 5.41) is 3.24. The molecule has 3 rings (SSSR count). The van der Waals surface area contributed by atoms with Gasteiger partial charge in [0.1, 0.15) is 5.76 Å². The Balaban J connectivity index is 1.60. The minimum Gasteiger partial charge on any atom is -0.468 e. The van der Waals surface area contributed by atoms with Crippen LogP contribution >= 0.6 is 0 Å². The molecule has 0 aliphatic carbocycles. The molecule has 1 aromatic rings. The van der Waals surface area contributed by atoms with E-state index in [4.69, 9.17) is 4.42 Å². The molecule has 5 heteroatoms. The van der Waals surface area contributed by atoms with E-state index in [2.05, 4.69) is 22.0 Å². The van der Waals surface area contributed by atoms with Crippen LogP contribution in [0.15, 0.2) is 22.8 Å². The summed E-state index contributed by atoms with van der Waals surface area (Å²) in [5.41, 5.74) is 0. The summed E-state index contributed by atoms with van der Waals surface area (Å²) in [5.74, 6) is 1.16. The first-order valence-electron chi connectivity index (χ1n) is 10.1. The van der Waals surface area contributed by atoms with Crippen molar-refractivity contribution in [2.75, 3.05) is 32.7 Å². The number of furan rings is 1. The van der Waals surface area contributed by atoms with Crippen molar-refractivity contribution in [3.63, 3.8) is 0 Å². The molecule has 0 saturated carbocycles. The highest BCUT2D eigenvalue weighted by Gasteiger charge is 2.30. The van der Waals surface area contributed by atoms with Gasteiger partial charge in [-0.05, 0) is 70.4 Å². The van der Waals surface area contributed by atoms with Crippen molar-refractivity contribution in [1.82, 2.24) is 15.1 Å². The van der Waals surface area contributed by atoms with E-state index in [9.17, 15) is 4.79 Å². The van der Waals surface area contributed by atoms with Crippen LogP contribution in [0.4, 0.5) is 0 Å². The Bertz CT molecular complexity index is 509. The maximum atomic E-state index is 12.8. The monoisotopic (exact) mass is 347 g/mol. The van der Waals surface area contributed by atoms with Crippen molar-refractivity contribution in [2.45, 2.75) is 64.0 Å². The summed E-state index contributed by atoms with van der Waals surface area (Å²) in [7, 11) is 0. The lowest BCUT2D eigenvalue weighted by molar-refractivity contribution is -0.128. The van der Waals surface area contributed by atoms with Gasteiger partial charge in [-0.2, -0.15) is 0 Å². The molecular weight excluding hydrogens is 314 g/mol. The van der Waals surface area contributed by atoms with Gasteiger partial charge in [0.05, 0.1) is 18.3 Å². The molecule has 2 aliphatic rings. The zero-order valence-corrected chi connectivity index (χ0v) is 15.6. The Morgan fingerprint density at radius 1 is 1.24 bits per heavy atom. The van der Waals surface area contributed by atoms with Crippen molar-refractivity contribution in [3.8, 4) is 0 Å². The van der Waals surface area contributed by atoms with Crippen LogP contribution in [0.1, 0.15) is 63.7 Å². The molecule has 2 saturated heterocycles. The average molecular weight is 348 g/mol. The van der Waals surface area contributed by atoms with Gasteiger partial charge in [-0.1, -0.05) is 19.8 Å². The van der Waals surface area contributed by atoms with Crippen LogP contribution in [0.2, 0.25) is 0 Å². The molecule has 2 fully saturated rings. The number of nitrogens with one attached hydrogen (secondary N) is 1. The molecular formula is C20H33N3O2. The minimum absolute atomic E-state index is 0.0484. The molecule has 1 amide bonds. The predicted octanol–water partition coefficient (Wildman–Crippen LogP) is 3.19. The van der Waals surface area contributed by atoms with Gasteiger partial charge in [0.25, 0.3) is 0 Å². The van der Waals surface area contributed by atoms with Crippen LogP contribution in [-0.2, 0) is 4.79 Å². The zero-order valence-electron chi connectivity index (χ0n) is 15.6. The van der Waals surface area contributed by atoms with E-state index in [1.165, 1.54) is 25.7 Å². The van der Waals surface area contributed by atoms with Gasteiger partial charge in [-0.3, -0.25) is 14.6 Å². The molecule has 2 atom stereocenters. The van der Waals surface area contributed by atoms with Crippen LogP contribution in [0.3, 0.4) is 0 Å². The van der Waals surface area contributed by atoms with E-state index in [0.29, 0.717) is 6.54 Å². The standard InChI is InChI=1S/C20H33N3O2/c1-2-11-22-14-7-4-9-17(22)20(24)21-16-18(19-10-8-15-25-19)23-12-5-3-6-13-23/h8,10,15,17-18H,2-7,9,11-14,16H2,1H3,(H,21,24). The SMILES string of the molecule is CCCN1CCCCC1C(=O)NCC(c1ccco1)N1CCCCC1. The van der Waals surface area contributed by atoms with Gasteiger partial charge in [0.15, 0.2) is 0 Å². The summed E-state index contributed by atoms with van der Waals surface area (Å²) in [6.45, 7) is 7.08. The third-order valence-electron chi connectivity index (χ3n) is 5.60. The maximum Gasteiger partial charge on any atom is 0.237 e. The molecule has 1 aromatic heterocycles. The Kier molecular flexibility index (Phi) is 6.93. The van der Waals surface area contributed by atoms with Crippen molar-refractivity contribution in [2.24, 2.45) is 0 Å². The number of carbonyl (C=O) groups excluding carboxylic acids is 1. The largest absolute Gasteiger partial charge is 0.468 e. The molecule has 0 aromatic carbocycles. The van der Waals surface area contributed by atoms with Crippen molar-refractivity contribution < 1.29 is 9.21 Å². The molecule has 140 valence electrons. The summed E-state index contributed by atoms with van der Waals surface area (Å²) >= 11 is 0. The number of hydrogen-bond acceptors (Lipinski definition) is 4. The molecule has 2 aliphatic heterocycles. The first-order valence-corrected chi connectivity index (χ1v) is 10.1. The quantitative estimate of drug-likeness (QED) is 0.823. The second-order valence-corrected chi connectivity index (χ2v) is 7.42. The molecule has 3 heterocycles. The third kappa shape index (κ3) is 4.85. The van der Waals surface area contributed by atoms with E-state index in [1.807, 2.05) is 12.1 Å². The van der Waals surface area contributed by atoms with Crippen molar-refractivity contribution in [1.29, 1.82) is 0 Å². The van der Waals surface area contributed by atoms with Crippen LogP contribution in [0, 0.1) is 0 Å². The van der Waals surface area contributed by atoms with Gasteiger partial charge in [0, 0.05) is 6.54 Å². The Hall–Kier alpha value is -1.33. The highest BCUT2D eigenvalue weighted by Crippen LogP contribution is 2.25. The fourth-order valence-corrected chi connectivity index (χ4v) is 4.28. The van der Waals surface area contributed by atoms with E-state index in [-0.39, 0.29) is 18.0 Å². The predicted molar refractivity (Wildman–Crippen MR) is 99.4 cm³/mol. The number of hydrogen-bond donors (Lipinski definition) is 1. The molecule has 2 unspecified atom stereocenters. The molecule has 25 heavy (non-hydrogen) atoms. The number of carbonyl (C=O) groups is 1. The van der Waals surface area contributed by atoms with E-state index < -0.39 is 0 Å². The van der Waals surface area contributed by atoms with E-state index >= 15 is 0 Å². The Labute approximate surface area is 151 Å².